The van der Waals surface area contributed by atoms with Crippen LogP contribution in [0.2, 0.25) is 0 Å². The summed E-state index contributed by atoms with van der Waals surface area (Å²) in [6.07, 6.45) is 1.54. The zero-order valence-corrected chi connectivity index (χ0v) is 17.9. The highest BCUT2D eigenvalue weighted by molar-refractivity contribution is 8.18. The standard InChI is InChI=1S/C22H20FNO6S/c1-13(21(26)29-3)24-20(25)19(31-22(24)27)11-14-7-8-17(18(10-14)28-2)30-12-15-5-4-6-16(23)9-15/h4-11,13H,12H2,1-3H3/b19-11+/t13-/m1/s1. The number of hydrogen-bond donors (Lipinski definition) is 0. The number of carbonyl (C=O) groups is 3. The smallest absolute Gasteiger partial charge is 0.328 e. The summed E-state index contributed by atoms with van der Waals surface area (Å²) in [5.74, 6) is -0.745. The second-order valence-corrected chi connectivity index (χ2v) is 7.57. The quantitative estimate of drug-likeness (QED) is 0.470. The highest BCUT2D eigenvalue weighted by Crippen LogP contribution is 2.35. The van der Waals surface area contributed by atoms with Crippen LogP contribution in [0.5, 0.6) is 11.5 Å². The average molecular weight is 445 g/mol. The maximum atomic E-state index is 13.3. The van der Waals surface area contributed by atoms with Crippen LogP contribution >= 0.6 is 11.8 Å². The first kappa shape index (κ1) is 22.4. The number of rotatable bonds is 7. The molecular formula is C22H20FNO6S. The molecule has 1 aliphatic rings. The van der Waals surface area contributed by atoms with Crippen molar-refractivity contribution in [2.24, 2.45) is 0 Å². The lowest BCUT2D eigenvalue weighted by molar-refractivity contribution is -0.148. The van der Waals surface area contributed by atoms with Gasteiger partial charge in [-0.05, 0) is 60.2 Å². The number of ether oxygens (including phenoxy) is 3. The molecule has 0 spiro atoms. The van der Waals surface area contributed by atoms with Gasteiger partial charge in [-0.1, -0.05) is 18.2 Å². The molecule has 9 heteroatoms. The van der Waals surface area contributed by atoms with Crippen LogP contribution in [0.25, 0.3) is 6.08 Å². The summed E-state index contributed by atoms with van der Waals surface area (Å²) < 4.78 is 29.0. The fraction of sp³-hybridized carbons (Fsp3) is 0.227. The molecule has 31 heavy (non-hydrogen) atoms. The van der Waals surface area contributed by atoms with Gasteiger partial charge in [0.1, 0.15) is 18.5 Å². The van der Waals surface area contributed by atoms with Crippen LogP contribution in [0.3, 0.4) is 0 Å². The number of esters is 1. The molecule has 7 nitrogen and oxygen atoms in total. The molecule has 0 N–H and O–H groups in total. The zero-order valence-electron chi connectivity index (χ0n) is 17.1. The molecular weight excluding hydrogens is 425 g/mol. The van der Waals surface area contributed by atoms with Crippen LogP contribution in [0, 0.1) is 5.82 Å². The summed E-state index contributed by atoms with van der Waals surface area (Å²) in [5, 5.41) is -0.545. The Kier molecular flexibility index (Phi) is 6.96. The number of nitrogens with zero attached hydrogens (tertiary/aromatic N) is 1. The SMILES string of the molecule is COC(=O)[C@@H](C)N1C(=O)S/C(=C/c2ccc(OCc3cccc(F)c3)c(OC)c2)C1=O. The van der Waals surface area contributed by atoms with E-state index in [0.717, 1.165) is 16.7 Å². The van der Waals surface area contributed by atoms with Gasteiger partial charge in [-0.2, -0.15) is 0 Å². The fourth-order valence-corrected chi connectivity index (χ4v) is 3.83. The van der Waals surface area contributed by atoms with Gasteiger partial charge in [-0.25, -0.2) is 9.18 Å². The minimum absolute atomic E-state index is 0.151. The van der Waals surface area contributed by atoms with Crippen molar-refractivity contribution in [3.05, 3.63) is 64.3 Å². The number of imide groups is 1. The molecule has 0 bridgehead atoms. The third-order valence-electron chi connectivity index (χ3n) is 4.52. The van der Waals surface area contributed by atoms with E-state index in [4.69, 9.17) is 9.47 Å². The van der Waals surface area contributed by atoms with Gasteiger partial charge in [0, 0.05) is 0 Å². The Labute approximate surface area is 182 Å². The molecule has 0 saturated carbocycles. The van der Waals surface area contributed by atoms with E-state index in [2.05, 4.69) is 4.74 Å². The molecule has 0 aliphatic carbocycles. The predicted octanol–water partition coefficient (Wildman–Crippen LogP) is 4.01. The van der Waals surface area contributed by atoms with Crippen molar-refractivity contribution in [3.8, 4) is 11.5 Å². The Morgan fingerprint density at radius 2 is 1.94 bits per heavy atom. The summed E-state index contributed by atoms with van der Waals surface area (Å²) in [6.45, 7) is 1.58. The predicted molar refractivity (Wildman–Crippen MR) is 113 cm³/mol. The van der Waals surface area contributed by atoms with Crippen molar-refractivity contribution in [1.82, 2.24) is 4.90 Å². The molecule has 0 aromatic heterocycles. The second kappa shape index (κ2) is 9.65. The number of thioether (sulfide) groups is 1. The number of amides is 2. The Bertz CT molecular complexity index is 1050. The molecule has 1 aliphatic heterocycles. The van der Waals surface area contributed by atoms with Crippen LogP contribution in [-0.4, -0.2) is 42.3 Å². The molecule has 1 saturated heterocycles. The van der Waals surface area contributed by atoms with E-state index < -0.39 is 23.2 Å². The summed E-state index contributed by atoms with van der Waals surface area (Å²) >= 11 is 0.743. The van der Waals surface area contributed by atoms with Gasteiger partial charge in [-0.3, -0.25) is 14.5 Å². The van der Waals surface area contributed by atoms with Gasteiger partial charge < -0.3 is 14.2 Å². The summed E-state index contributed by atoms with van der Waals surface area (Å²) in [5.41, 5.74) is 1.27. The van der Waals surface area contributed by atoms with Crippen molar-refractivity contribution < 1.29 is 33.0 Å². The summed E-state index contributed by atoms with van der Waals surface area (Å²) in [6, 6.07) is 10.1. The summed E-state index contributed by atoms with van der Waals surface area (Å²) in [7, 11) is 2.66. The van der Waals surface area contributed by atoms with E-state index in [1.54, 1.807) is 30.3 Å². The lowest BCUT2D eigenvalue weighted by Gasteiger charge is -2.18. The summed E-state index contributed by atoms with van der Waals surface area (Å²) in [4.78, 5) is 37.6. The van der Waals surface area contributed by atoms with Crippen molar-refractivity contribution in [2.75, 3.05) is 14.2 Å². The number of halogens is 1. The van der Waals surface area contributed by atoms with Gasteiger partial charge in [0.2, 0.25) is 0 Å². The number of hydrogen-bond acceptors (Lipinski definition) is 7. The Morgan fingerprint density at radius 3 is 2.61 bits per heavy atom. The molecule has 1 heterocycles. The van der Waals surface area contributed by atoms with Crippen molar-refractivity contribution in [2.45, 2.75) is 19.6 Å². The van der Waals surface area contributed by atoms with Crippen LogP contribution < -0.4 is 9.47 Å². The van der Waals surface area contributed by atoms with Gasteiger partial charge in [0.05, 0.1) is 19.1 Å². The van der Waals surface area contributed by atoms with E-state index in [1.165, 1.54) is 39.4 Å². The Morgan fingerprint density at radius 1 is 1.16 bits per heavy atom. The first-order valence-corrected chi connectivity index (χ1v) is 10.1. The van der Waals surface area contributed by atoms with Crippen LogP contribution in [0.1, 0.15) is 18.1 Å². The molecule has 0 unspecified atom stereocenters. The second-order valence-electron chi connectivity index (χ2n) is 6.58. The Hall–Kier alpha value is -3.33. The molecule has 1 fully saturated rings. The molecule has 2 aromatic carbocycles. The fourth-order valence-electron chi connectivity index (χ4n) is 2.92. The van der Waals surface area contributed by atoms with Crippen LogP contribution in [0.4, 0.5) is 9.18 Å². The van der Waals surface area contributed by atoms with Crippen molar-refractivity contribution in [3.63, 3.8) is 0 Å². The van der Waals surface area contributed by atoms with E-state index in [1.807, 2.05) is 0 Å². The van der Waals surface area contributed by atoms with E-state index in [0.29, 0.717) is 22.6 Å². The maximum Gasteiger partial charge on any atom is 0.328 e. The van der Waals surface area contributed by atoms with Crippen molar-refractivity contribution in [1.29, 1.82) is 0 Å². The van der Waals surface area contributed by atoms with Gasteiger partial charge in [-0.15, -0.1) is 0 Å². The average Bonchev–Trinajstić information content (AvgIpc) is 3.04. The van der Waals surface area contributed by atoms with E-state index in [-0.39, 0.29) is 17.3 Å². The molecule has 2 amide bonds. The zero-order chi connectivity index (χ0) is 22.5. The highest BCUT2D eigenvalue weighted by Gasteiger charge is 2.41. The third-order valence-corrected chi connectivity index (χ3v) is 5.41. The van der Waals surface area contributed by atoms with Crippen LogP contribution in [-0.2, 0) is 20.9 Å². The lowest BCUT2D eigenvalue weighted by Crippen LogP contribution is -2.42. The lowest BCUT2D eigenvalue weighted by atomic mass is 10.1. The van der Waals surface area contributed by atoms with Gasteiger partial charge in [0.15, 0.2) is 11.5 Å². The van der Waals surface area contributed by atoms with Gasteiger partial charge >= 0.3 is 5.97 Å². The molecule has 162 valence electrons. The molecule has 0 radical (unpaired) electrons. The maximum absolute atomic E-state index is 13.3. The number of benzene rings is 2. The van der Waals surface area contributed by atoms with E-state index >= 15 is 0 Å². The first-order valence-electron chi connectivity index (χ1n) is 9.24. The van der Waals surface area contributed by atoms with Crippen molar-refractivity contribution >= 4 is 35.0 Å². The molecule has 3 rings (SSSR count). The molecule has 1 atom stereocenters. The highest BCUT2D eigenvalue weighted by atomic mass is 32.2. The third kappa shape index (κ3) is 5.05. The number of carbonyl (C=O) groups excluding carboxylic acids is 3. The van der Waals surface area contributed by atoms with Crippen LogP contribution in [0.15, 0.2) is 47.4 Å². The van der Waals surface area contributed by atoms with Gasteiger partial charge in [0.25, 0.3) is 11.1 Å². The Balaban J connectivity index is 1.77. The number of methoxy groups -OCH3 is 2. The monoisotopic (exact) mass is 445 g/mol. The van der Waals surface area contributed by atoms with E-state index in [9.17, 15) is 18.8 Å². The largest absolute Gasteiger partial charge is 0.493 e. The minimum atomic E-state index is -1.02. The first-order chi connectivity index (χ1) is 14.8. The minimum Gasteiger partial charge on any atom is -0.493 e. The normalized spacial score (nSPS) is 15.9. The molecule has 2 aromatic rings. The topological polar surface area (TPSA) is 82.1 Å².